The normalized spacial score (nSPS) is 22.9. The van der Waals surface area contributed by atoms with Gasteiger partial charge in [0.25, 0.3) is 5.92 Å². The molecular formula is C27H25ClF3N7. The number of nitriles is 1. The number of aromatic nitrogens is 4. The summed E-state index contributed by atoms with van der Waals surface area (Å²) in [6.07, 6.45) is 1.51. The van der Waals surface area contributed by atoms with Crippen molar-refractivity contribution in [2.45, 2.75) is 63.1 Å². The number of fused-ring (bicyclic) bond motifs is 3. The molecule has 0 unspecified atom stereocenters. The zero-order chi connectivity index (χ0) is 26.4. The summed E-state index contributed by atoms with van der Waals surface area (Å²) in [6, 6.07) is 10.7. The lowest BCUT2D eigenvalue weighted by atomic mass is 9.57. The highest BCUT2D eigenvalue weighted by atomic mass is 35.5. The molecule has 7 nitrogen and oxygen atoms in total. The number of nitrogens with zero attached hydrogens (tertiary/aromatic N) is 7. The lowest BCUT2D eigenvalue weighted by Crippen LogP contribution is -2.62. The Hall–Kier alpha value is -3.16. The molecule has 0 N–H and O–H groups in total. The number of anilines is 1. The molecule has 2 aliphatic heterocycles. The Bertz CT molecular complexity index is 1490. The first-order valence-electron chi connectivity index (χ1n) is 12.7. The Morgan fingerprint density at radius 2 is 1.84 bits per heavy atom. The maximum absolute atomic E-state index is 14.0. The van der Waals surface area contributed by atoms with Gasteiger partial charge in [0.1, 0.15) is 23.3 Å². The maximum atomic E-state index is 14.0. The predicted octanol–water partition coefficient (Wildman–Crippen LogP) is 5.21. The molecule has 2 aliphatic carbocycles. The van der Waals surface area contributed by atoms with Crippen LogP contribution >= 0.6 is 11.6 Å². The molecule has 7 rings (SSSR count). The van der Waals surface area contributed by atoms with Crippen molar-refractivity contribution < 1.29 is 13.2 Å². The van der Waals surface area contributed by atoms with Gasteiger partial charge < -0.3 is 4.90 Å². The van der Waals surface area contributed by atoms with Crippen LogP contribution in [0.2, 0.25) is 5.02 Å². The van der Waals surface area contributed by atoms with E-state index in [-0.39, 0.29) is 29.7 Å². The summed E-state index contributed by atoms with van der Waals surface area (Å²) in [5.41, 5.74) is 1.38. The molecule has 4 heterocycles. The third-order valence-corrected chi connectivity index (χ3v) is 9.06. The summed E-state index contributed by atoms with van der Waals surface area (Å²) in [7, 11) is 0. The Morgan fingerprint density at radius 3 is 2.53 bits per heavy atom. The quantitative estimate of drug-likeness (QED) is 0.425. The number of halogens is 4. The summed E-state index contributed by atoms with van der Waals surface area (Å²) in [5.74, 6) is -0.967. The van der Waals surface area contributed by atoms with Crippen molar-refractivity contribution >= 4 is 17.4 Å². The van der Waals surface area contributed by atoms with Gasteiger partial charge >= 0.3 is 0 Å². The second-order valence-corrected chi connectivity index (χ2v) is 12.2. The highest BCUT2D eigenvalue weighted by Gasteiger charge is 2.57. The van der Waals surface area contributed by atoms with Crippen molar-refractivity contribution in [1.82, 2.24) is 24.6 Å². The Kier molecular flexibility index (Phi) is 4.99. The Balaban J connectivity index is 1.13. The van der Waals surface area contributed by atoms with Gasteiger partial charge in [0.15, 0.2) is 5.82 Å². The molecule has 11 heteroatoms. The van der Waals surface area contributed by atoms with Crippen molar-refractivity contribution in [3.8, 4) is 11.8 Å². The molecule has 4 aliphatic rings. The highest BCUT2D eigenvalue weighted by molar-refractivity contribution is 6.30. The molecule has 1 spiro atoms. The fourth-order valence-corrected chi connectivity index (χ4v) is 7.19. The molecule has 1 aromatic carbocycles. The summed E-state index contributed by atoms with van der Waals surface area (Å²) < 4.78 is 43.9. The molecule has 0 atom stereocenters. The summed E-state index contributed by atoms with van der Waals surface area (Å²) in [6.45, 7) is 4.40. The predicted molar refractivity (Wildman–Crippen MR) is 134 cm³/mol. The average molecular weight is 540 g/mol. The van der Waals surface area contributed by atoms with Gasteiger partial charge in [0.05, 0.1) is 12.2 Å². The molecule has 0 bridgehead atoms. The van der Waals surface area contributed by atoms with Crippen LogP contribution in [-0.2, 0) is 13.1 Å². The van der Waals surface area contributed by atoms with Crippen LogP contribution in [0.15, 0.2) is 30.3 Å². The Labute approximate surface area is 222 Å². The minimum atomic E-state index is -2.63. The minimum Gasteiger partial charge on any atom is -0.355 e. The van der Waals surface area contributed by atoms with E-state index in [1.807, 2.05) is 30.0 Å². The smallest absolute Gasteiger partial charge is 0.251 e. The van der Waals surface area contributed by atoms with Crippen molar-refractivity contribution in [2.75, 3.05) is 18.0 Å². The van der Waals surface area contributed by atoms with Gasteiger partial charge in [-0.1, -0.05) is 11.6 Å². The van der Waals surface area contributed by atoms with E-state index in [1.165, 1.54) is 6.07 Å². The number of benzene rings is 1. The van der Waals surface area contributed by atoms with Crippen molar-refractivity contribution in [2.24, 2.45) is 5.41 Å². The summed E-state index contributed by atoms with van der Waals surface area (Å²) in [4.78, 5) is 8.08. The lowest BCUT2D eigenvalue weighted by Gasteiger charge is -2.59. The first-order chi connectivity index (χ1) is 18.1. The lowest BCUT2D eigenvalue weighted by molar-refractivity contribution is -0.173. The van der Waals surface area contributed by atoms with E-state index in [1.54, 1.807) is 12.1 Å². The second-order valence-electron chi connectivity index (χ2n) is 11.7. The van der Waals surface area contributed by atoms with E-state index in [9.17, 15) is 13.2 Å². The molecule has 1 saturated heterocycles. The summed E-state index contributed by atoms with van der Waals surface area (Å²) in [5, 5.41) is 18.7. The SMILES string of the molecule is CC1(N2Cc3cc(Cl)ccc3-n3c(nnc3C3CC4(C3)CN(c3ccc(C#N)c(F)n3)C4)C2)CC(F)(F)C1. The maximum Gasteiger partial charge on any atom is 0.251 e. The van der Waals surface area contributed by atoms with E-state index in [4.69, 9.17) is 16.9 Å². The number of rotatable bonds is 3. The van der Waals surface area contributed by atoms with Crippen molar-refractivity contribution in [3.05, 3.63) is 64.1 Å². The molecule has 38 heavy (non-hydrogen) atoms. The van der Waals surface area contributed by atoms with E-state index in [0.717, 1.165) is 48.8 Å². The van der Waals surface area contributed by atoms with Crippen molar-refractivity contribution in [3.63, 3.8) is 0 Å². The highest BCUT2D eigenvalue weighted by Crippen LogP contribution is 2.57. The van der Waals surface area contributed by atoms with Crippen LogP contribution in [0.1, 0.15) is 61.3 Å². The molecule has 196 valence electrons. The van der Waals surface area contributed by atoms with E-state index in [0.29, 0.717) is 23.9 Å². The van der Waals surface area contributed by atoms with E-state index in [2.05, 4.69) is 24.6 Å². The van der Waals surface area contributed by atoms with Crippen LogP contribution in [-0.4, -0.2) is 49.2 Å². The standard InChI is InChI=1S/C27H25ClF3N7/c1-25(12-27(30,31)13-25)37-10-17-6-19(28)3-4-20(17)38-22(11-37)34-35-24(38)18-7-26(8-18)14-36(15-26)21-5-2-16(9-32)23(29)33-21/h2-6,18H,7-8,10-15H2,1H3. The van der Waals surface area contributed by atoms with E-state index < -0.39 is 17.4 Å². The van der Waals surface area contributed by atoms with Gasteiger partial charge in [-0.05, 0) is 55.7 Å². The number of hydrogen-bond acceptors (Lipinski definition) is 6. The van der Waals surface area contributed by atoms with Crippen LogP contribution in [0.4, 0.5) is 19.0 Å². The van der Waals surface area contributed by atoms with Crippen LogP contribution in [0.3, 0.4) is 0 Å². The van der Waals surface area contributed by atoms with Gasteiger partial charge in [-0.2, -0.15) is 9.65 Å². The molecule has 3 fully saturated rings. The molecule has 3 aromatic rings. The van der Waals surface area contributed by atoms with Gasteiger partial charge in [-0.3, -0.25) is 9.47 Å². The average Bonchev–Trinajstić information content (AvgIpc) is 3.11. The number of hydrogen-bond donors (Lipinski definition) is 0. The third kappa shape index (κ3) is 3.62. The fourth-order valence-electron chi connectivity index (χ4n) is 6.99. The first kappa shape index (κ1) is 23.9. The largest absolute Gasteiger partial charge is 0.355 e. The molecule has 2 saturated carbocycles. The molecule has 0 radical (unpaired) electrons. The monoisotopic (exact) mass is 539 g/mol. The van der Waals surface area contributed by atoms with Crippen LogP contribution in [0.5, 0.6) is 0 Å². The van der Waals surface area contributed by atoms with Crippen molar-refractivity contribution in [1.29, 1.82) is 5.26 Å². The zero-order valence-corrected chi connectivity index (χ0v) is 21.5. The Morgan fingerprint density at radius 1 is 1.08 bits per heavy atom. The van der Waals surface area contributed by atoms with Gasteiger partial charge in [0.2, 0.25) is 5.95 Å². The van der Waals surface area contributed by atoms with Crippen LogP contribution in [0.25, 0.3) is 5.69 Å². The number of alkyl halides is 2. The minimum absolute atomic E-state index is 0.0552. The fraction of sp³-hybridized carbons (Fsp3) is 0.481. The second kappa shape index (κ2) is 7.93. The molecular weight excluding hydrogens is 515 g/mol. The van der Waals surface area contributed by atoms with Gasteiger partial charge in [-0.25, -0.2) is 13.8 Å². The van der Waals surface area contributed by atoms with Gasteiger partial charge in [0, 0.05) is 54.4 Å². The third-order valence-electron chi connectivity index (χ3n) is 8.83. The van der Waals surface area contributed by atoms with Gasteiger partial charge in [-0.15, -0.1) is 10.2 Å². The van der Waals surface area contributed by atoms with Crippen LogP contribution < -0.4 is 4.90 Å². The topological polar surface area (TPSA) is 73.9 Å². The summed E-state index contributed by atoms with van der Waals surface area (Å²) >= 11 is 6.35. The number of pyridine rings is 1. The zero-order valence-electron chi connectivity index (χ0n) is 20.8. The van der Waals surface area contributed by atoms with E-state index >= 15 is 0 Å². The molecule has 0 amide bonds. The van der Waals surface area contributed by atoms with Crippen LogP contribution in [0, 0.1) is 22.7 Å². The molecule has 2 aromatic heterocycles. The first-order valence-corrected chi connectivity index (χ1v) is 13.1.